The summed E-state index contributed by atoms with van der Waals surface area (Å²) in [5.74, 6) is 0.603. The summed E-state index contributed by atoms with van der Waals surface area (Å²) in [6, 6.07) is 0. The van der Waals surface area contributed by atoms with Crippen LogP contribution in [0.2, 0.25) is 0 Å². The van der Waals surface area contributed by atoms with Gasteiger partial charge in [0.1, 0.15) is 0 Å². The van der Waals surface area contributed by atoms with Crippen molar-refractivity contribution in [3.05, 3.63) is 11.1 Å². The van der Waals surface area contributed by atoms with Crippen LogP contribution in [0.5, 0.6) is 0 Å². The summed E-state index contributed by atoms with van der Waals surface area (Å²) in [4.78, 5) is 5.17. The fourth-order valence-corrected chi connectivity index (χ4v) is 1.59. The van der Waals surface area contributed by atoms with E-state index in [1.807, 2.05) is 6.20 Å². The zero-order chi connectivity index (χ0) is 9.68. The average Bonchev–Trinajstić information content (AvgIpc) is 2.45. The molecule has 3 nitrogen and oxygen atoms in total. The number of nitrogens with two attached hydrogens (primary N) is 1. The summed E-state index contributed by atoms with van der Waals surface area (Å²) in [5.41, 5.74) is 5.50. The van der Waals surface area contributed by atoms with E-state index in [0.29, 0.717) is 11.0 Å². The van der Waals surface area contributed by atoms with Crippen LogP contribution in [0.25, 0.3) is 0 Å². The quantitative estimate of drug-likeness (QED) is 0.739. The van der Waals surface area contributed by atoms with E-state index in [-0.39, 0.29) is 0 Å². The molecule has 1 rings (SSSR count). The molecule has 13 heavy (non-hydrogen) atoms. The van der Waals surface area contributed by atoms with Gasteiger partial charge < -0.3 is 10.5 Å². The van der Waals surface area contributed by atoms with Gasteiger partial charge in [-0.3, -0.25) is 0 Å². The minimum Gasteiger partial charge on any atom is -0.381 e. The van der Waals surface area contributed by atoms with Crippen LogP contribution < -0.4 is 5.73 Å². The Kier molecular flexibility index (Phi) is 4.18. The third kappa shape index (κ3) is 4.24. The number of nitrogen functional groups attached to an aromatic ring is 1. The molecule has 0 saturated carbocycles. The summed E-state index contributed by atoms with van der Waals surface area (Å²) in [6.45, 7) is 5.88. The molecule has 74 valence electrons. The second-order valence-corrected chi connectivity index (χ2v) is 4.53. The Morgan fingerprint density at radius 1 is 1.62 bits per heavy atom. The molecule has 2 N–H and O–H groups in total. The van der Waals surface area contributed by atoms with Gasteiger partial charge in [-0.2, -0.15) is 0 Å². The van der Waals surface area contributed by atoms with Gasteiger partial charge in [0.25, 0.3) is 0 Å². The smallest absolute Gasteiger partial charge is 0.180 e. The molecule has 0 amide bonds. The molecule has 0 atom stereocenters. The van der Waals surface area contributed by atoms with E-state index < -0.39 is 0 Å². The third-order valence-electron chi connectivity index (χ3n) is 1.52. The number of hydrogen-bond acceptors (Lipinski definition) is 4. The van der Waals surface area contributed by atoms with Crippen LogP contribution in [0.15, 0.2) is 6.20 Å². The molecule has 0 saturated heterocycles. The fraction of sp³-hybridized carbons (Fsp3) is 0.667. The third-order valence-corrected chi connectivity index (χ3v) is 2.40. The van der Waals surface area contributed by atoms with Gasteiger partial charge in [-0.25, -0.2) is 4.98 Å². The lowest BCUT2D eigenvalue weighted by Gasteiger charge is -2.04. The zero-order valence-electron chi connectivity index (χ0n) is 8.12. The molecule has 0 aliphatic rings. The van der Waals surface area contributed by atoms with Gasteiger partial charge in [-0.1, -0.05) is 13.8 Å². The van der Waals surface area contributed by atoms with E-state index in [4.69, 9.17) is 10.5 Å². The summed E-state index contributed by atoms with van der Waals surface area (Å²) in [5, 5.41) is 0.638. The molecule has 4 heteroatoms. The van der Waals surface area contributed by atoms with Gasteiger partial charge in [0.2, 0.25) is 0 Å². The topological polar surface area (TPSA) is 48.1 Å². The van der Waals surface area contributed by atoms with E-state index in [1.165, 1.54) is 16.2 Å². The highest BCUT2D eigenvalue weighted by Crippen LogP contribution is 2.14. The van der Waals surface area contributed by atoms with Crippen molar-refractivity contribution in [1.29, 1.82) is 0 Å². The lowest BCUT2D eigenvalue weighted by atomic mass is 10.2. The lowest BCUT2D eigenvalue weighted by molar-refractivity contribution is 0.113. The maximum Gasteiger partial charge on any atom is 0.180 e. The van der Waals surface area contributed by atoms with Crippen LogP contribution in [0.3, 0.4) is 0 Å². The summed E-state index contributed by atoms with van der Waals surface area (Å²) in [7, 11) is 0. The number of hydrogen-bond donors (Lipinski definition) is 1. The van der Waals surface area contributed by atoms with Crippen molar-refractivity contribution in [2.45, 2.75) is 20.3 Å². The first kappa shape index (κ1) is 10.5. The van der Waals surface area contributed by atoms with Crippen LogP contribution >= 0.6 is 11.3 Å². The molecule has 0 fully saturated rings. The largest absolute Gasteiger partial charge is 0.381 e. The van der Waals surface area contributed by atoms with Gasteiger partial charge >= 0.3 is 0 Å². The lowest BCUT2D eigenvalue weighted by Crippen LogP contribution is -2.04. The Morgan fingerprint density at radius 2 is 2.38 bits per heavy atom. The molecule has 1 aromatic rings. The second-order valence-electron chi connectivity index (χ2n) is 3.38. The van der Waals surface area contributed by atoms with Crippen LogP contribution in [0.4, 0.5) is 5.13 Å². The molecular weight excluding hydrogens is 184 g/mol. The molecule has 0 aliphatic carbocycles. The Hall–Kier alpha value is -0.610. The molecular formula is C9H16N2OS. The van der Waals surface area contributed by atoms with E-state index in [1.54, 1.807) is 0 Å². The van der Waals surface area contributed by atoms with E-state index in [0.717, 1.165) is 19.6 Å². The van der Waals surface area contributed by atoms with Crippen molar-refractivity contribution in [1.82, 2.24) is 4.98 Å². The van der Waals surface area contributed by atoms with E-state index in [2.05, 4.69) is 18.8 Å². The van der Waals surface area contributed by atoms with Gasteiger partial charge in [0.15, 0.2) is 5.13 Å². The summed E-state index contributed by atoms with van der Waals surface area (Å²) >= 11 is 1.53. The van der Waals surface area contributed by atoms with Crippen molar-refractivity contribution >= 4 is 16.5 Å². The highest BCUT2D eigenvalue weighted by atomic mass is 32.1. The Morgan fingerprint density at radius 3 is 2.92 bits per heavy atom. The minimum absolute atomic E-state index is 0.603. The predicted molar refractivity (Wildman–Crippen MR) is 55.9 cm³/mol. The van der Waals surface area contributed by atoms with Crippen LogP contribution in [0, 0.1) is 5.92 Å². The summed E-state index contributed by atoms with van der Waals surface area (Å²) in [6.07, 6.45) is 2.74. The van der Waals surface area contributed by atoms with E-state index >= 15 is 0 Å². The second kappa shape index (κ2) is 5.19. The van der Waals surface area contributed by atoms with Gasteiger partial charge in [-0.05, 0) is 5.92 Å². The first-order chi connectivity index (χ1) is 6.18. The van der Waals surface area contributed by atoms with Crippen LogP contribution in [0.1, 0.15) is 18.7 Å². The zero-order valence-corrected chi connectivity index (χ0v) is 8.93. The highest BCUT2D eigenvalue weighted by molar-refractivity contribution is 7.15. The van der Waals surface area contributed by atoms with Gasteiger partial charge in [0, 0.05) is 24.1 Å². The molecule has 0 bridgehead atoms. The Bertz CT molecular complexity index is 248. The number of thiazole rings is 1. The first-order valence-electron chi connectivity index (χ1n) is 4.46. The molecule has 0 aliphatic heterocycles. The van der Waals surface area contributed by atoms with Gasteiger partial charge in [0.05, 0.1) is 6.61 Å². The van der Waals surface area contributed by atoms with E-state index in [9.17, 15) is 0 Å². The Labute approximate surface area is 82.9 Å². The fourth-order valence-electron chi connectivity index (χ4n) is 0.930. The number of ether oxygens (including phenoxy) is 1. The van der Waals surface area contributed by atoms with Crippen molar-refractivity contribution in [3.8, 4) is 0 Å². The Balaban J connectivity index is 2.13. The maximum atomic E-state index is 5.50. The SMILES string of the molecule is CC(C)COCCc1cnc(N)s1. The normalized spacial score (nSPS) is 11.0. The molecule has 0 unspecified atom stereocenters. The van der Waals surface area contributed by atoms with Gasteiger partial charge in [-0.15, -0.1) is 11.3 Å². The monoisotopic (exact) mass is 200 g/mol. The van der Waals surface area contributed by atoms with Crippen LogP contribution in [-0.2, 0) is 11.2 Å². The summed E-state index contributed by atoms with van der Waals surface area (Å²) < 4.78 is 5.45. The number of rotatable bonds is 5. The number of nitrogens with zero attached hydrogens (tertiary/aromatic N) is 1. The molecule has 1 heterocycles. The molecule has 0 spiro atoms. The van der Waals surface area contributed by atoms with Crippen molar-refractivity contribution < 1.29 is 4.74 Å². The maximum absolute atomic E-state index is 5.50. The predicted octanol–water partition coefficient (Wildman–Crippen LogP) is 1.94. The van der Waals surface area contributed by atoms with Crippen molar-refractivity contribution in [2.24, 2.45) is 5.92 Å². The van der Waals surface area contributed by atoms with Crippen molar-refractivity contribution in [2.75, 3.05) is 18.9 Å². The number of anilines is 1. The standard InChI is InChI=1S/C9H16N2OS/c1-7(2)6-12-4-3-8-5-11-9(10)13-8/h5,7H,3-4,6H2,1-2H3,(H2,10,11). The number of aromatic nitrogens is 1. The first-order valence-corrected chi connectivity index (χ1v) is 5.28. The molecule has 1 aromatic heterocycles. The highest BCUT2D eigenvalue weighted by Gasteiger charge is 1.99. The molecule has 0 radical (unpaired) electrons. The van der Waals surface area contributed by atoms with Crippen molar-refractivity contribution in [3.63, 3.8) is 0 Å². The average molecular weight is 200 g/mol. The van der Waals surface area contributed by atoms with Crippen LogP contribution in [-0.4, -0.2) is 18.2 Å². The minimum atomic E-state index is 0.603. The molecule has 0 aromatic carbocycles.